The number of rotatable bonds is 13. The molecule has 63 heavy (non-hydrogen) atoms. The second kappa shape index (κ2) is 19.1. The number of anilines is 1. The molecule has 7 rings (SSSR count). The molecule has 0 aromatic heterocycles. The highest BCUT2D eigenvalue weighted by atomic mass is 16.6. The number of benzene rings is 4. The van der Waals surface area contributed by atoms with E-state index in [1.807, 2.05) is 65.6 Å². The summed E-state index contributed by atoms with van der Waals surface area (Å²) in [7, 11) is 1.20. The van der Waals surface area contributed by atoms with Crippen molar-refractivity contribution in [2.75, 3.05) is 38.4 Å². The van der Waals surface area contributed by atoms with Crippen LogP contribution in [0, 0.1) is 23.7 Å². The first-order valence-corrected chi connectivity index (χ1v) is 20.8. The highest BCUT2D eigenvalue weighted by molar-refractivity contribution is 6.25. The lowest BCUT2D eigenvalue weighted by atomic mass is 9.65. The maximum Gasteiger partial charge on any atom is 0.329 e. The minimum Gasteiger partial charge on any atom is -0.491 e. The van der Waals surface area contributed by atoms with Gasteiger partial charge in [-0.05, 0) is 58.5 Å². The van der Waals surface area contributed by atoms with Crippen molar-refractivity contribution in [3.63, 3.8) is 0 Å². The maximum atomic E-state index is 16.3. The first-order valence-electron chi connectivity index (χ1n) is 20.8. The highest BCUT2D eigenvalue weighted by Crippen LogP contribution is 2.66. The lowest BCUT2D eigenvalue weighted by Gasteiger charge is -2.46. The summed E-state index contributed by atoms with van der Waals surface area (Å²) in [4.78, 5) is 77.2. The monoisotopic (exact) mass is 854 g/mol. The second-order valence-corrected chi connectivity index (χ2v) is 15.8. The normalized spacial score (nSPS) is 22.9. The van der Waals surface area contributed by atoms with Gasteiger partial charge in [0.1, 0.15) is 36.0 Å². The number of aliphatic hydroxyl groups is 2. The van der Waals surface area contributed by atoms with Crippen LogP contribution in [-0.4, -0.2) is 90.5 Å². The molecule has 0 radical (unpaired) electrons. The largest absolute Gasteiger partial charge is 0.491 e. The van der Waals surface area contributed by atoms with Crippen LogP contribution in [0.2, 0.25) is 0 Å². The Balaban J connectivity index is 1.58. The number of nitrogens with zero attached hydrogens (tertiary/aromatic N) is 2. The van der Waals surface area contributed by atoms with E-state index in [0.29, 0.717) is 22.4 Å². The van der Waals surface area contributed by atoms with E-state index in [1.165, 1.54) is 13.2 Å². The van der Waals surface area contributed by atoms with E-state index in [4.69, 9.17) is 14.2 Å². The third-order valence-electron chi connectivity index (χ3n) is 11.8. The Morgan fingerprint density at radius 1 is 0.905 bits per heavy atom. The zero-order chi connectivity index (χ0) is 44.8. The van der Waals surface area contributed by atoms with Gasteiger partial charge in [-0.1, -0.05) is 105 Å². The Morgan fingerprint density at radius 2 is 1.59 bits per heavy atom. The first-order chi connectivity index (χ1) is 30.5. The van der Waals surface area contributed by atoms with Crippen LogP contribution in [0.15, 0.2) is 116 Å². The zero-order valence-electron chi connectivity index (χ0n) is 35.2. The minimum atomic E-state index is -2.07. The van der Waals surface area contributed by atoms with Crippen LogP contribution in [0.5, 0.6) is 5.75 Å². The van der Waals surface area contributed by atoms with E-state index >= 15 is 14.4 Å². The van der Waals surface area contributed by atoms with Crippen LogP contribution in [0.3, 0.4) is 0 Å². The van der Waals surface area contributed by atoms with Gasteiger partial charge in [0, 0.05) is 18.5 Å². The number of imide groups is 1. The Bertz CT molecular complexity index is 2410. The van der Waals surface area contributed by atoms with Crippen molar-refractivity contribution in [2.45, 2.75) is 56.0 Å². The summed E-state index contributed by atoms with van der Waals surface area (Å²) in [5, 5.41) is 24.7. The molecule has 4 aromatic carbocycles. The molecule has 326 valence electrons. The molecule has 0 aliphatic carbocycles. The molecule has 3 heterocycles. The number of hydrogen-bond donors (Lipinski definition) is 4. The SMILES string of the molecule is C=CCNC(=O)[C@@H]1[C@H]2C(=O)O[C@H](c3ccccc3)[C@H](c3ccccc3)N2[C@H](c2ccc(OCCO)cc2)[C@@]12C(=O)N(C(=O)N[C@H](C(=O)OC)C(C)C)c1ccc(C#CCCO)cc12. The molecule has 4 N–H and O–H groups in total. The van der Waals surface area contributed by atoms with Crippen molar-refractivity contribution in [3.8, 4) is 17.6 Å². The molecule has 2 saturated heterocycles. The number of methoxy groups -OCH3 is 1. The maximum absolute atomic E-state index is 16.3. The number of hydrogen-bond acceptors (Lipinski definition) is 11. The number of nitrogens with one attached hydrogen (secondary N) is 2. The fourth-order valence-electron chi connectivity index (χ4n) is 9.22. The summed E-state index contributed by atoms with van der Waals surface area (Å²) in [6.45, 7) is 6.80. The lowest BCUT2D eigenvalue weighted by Crippen LogP contribution is -2.57. The number of urea groups is 1. The van der Waals surface area contributed by atoms with Crippen LogP contribution in [0.25, 0.3) is 0 Å². The van der Waals surface area contributed by atoms with Crippen molar-refractivity contribution < 1.29 is 48.4 Å². The number of carbonyl (C=O) groups excluding carboxylic acids is 5. The molecule has 3 aliphatic rings. The van der Waals surface area contributed by atoms with Gasteiger partial charge in [0.2, 0.25) is 11.8 Å². The van der Waals surface area contributed by atoms with E-state index in [9.17, 15) is 19.8 Å². The van der Waals surface area contributed by atoms with E-state index in [2.05, 4.69) is 29.1 Å². The topological polar surface area (TPSA) is 184 Å². The van der Waals surface area contributed by atoms with E-state index < -0.39 is 77.3 Å². The highest BCUT2D eigenvalue weighted by Gasteiger charge is 2.75. The Kier molecular flexibility index (Phi) is 13.4. The molecule has 14 nitrogen and oxygen atoms in total. The quantitative estimate of drug-likeness (QED) is 0.0834. The molecule has 14 heteroatoms. The van der Waals surface area contributed by atoms with Gasteiger partial charge in [0.05, 0.1) is 44.0 Å². The van der Waals surface area contributed by atoms with Crippen LogP contribution < -0.4 is 20.3 Å². The number of ether oxygens (including phenoxy) is 3. The number of esters is 2. The lowest BCUT2D eigenvalue weighted by molar-refractivity contribution is -0.178. The van der Waals surface area contributed by atoms with Gasteiger partial charge in [-0.15, -0.1) is 6.58 Å². The van der Waals surface area contributed by atoms with Crippen molar-refractivity contribution in [1.82, 2.24) is 15.5 Å². The van der Waals surface area contributed by atoms with Crippen molar-refractivity contribution in [3.05, 3.63) is 144 Å². The third-order valence-corrected chi connectivity index (χ3v) is 11.8. The van der Waals surface area contributed by atoms with Gasteiger partial charge in [-0.2, -0.15) is 0 Å². The van der Waals surface area contributed by atoms with Gasteiger partial charge in [0.15, 0.2) is 0 Å². The molecular formula is C49H50N4O10. The average Bonchev–Trinajstić information content (AvgIpc) is 3.76. The fourth-order valence-corrected chi connectivity index (χ4v) is 9.22. The minimum absolute atomic E-state index is 0.0172. The fraction of sp³-hybridized carbons (Fsp3) is 0.327. The molecule has 2 fully saturated rings. The molecule has 4 aromatic rings. The predicted molar refractivity (Wildman–Crippen MR) is 232 cm³/mol. The molecule has 4 amide bonds. The number of aliphatic hydroxyl groups excluding tert-OH is 2. The predicted octanol–water partition coefficient (Wildman–Crippen LogP) is 4.67. The third kappa shape index (κ3) is 8.07. The summed E-state index contributed by atoms with van der Waals surface area (Å²) in [6, 6.07) is 24.8. The van der Waals surface area contributed by atoms with Gasteiger partial charge >= 0.3 is 18.0 Å². The zero-order valence-corrected chi connectivity index (χ0v) is 35.2. The standard InChI is InChI=1S/C49H50N4O10/c1-5-25-50-44(56)38-41-46(58)63-42(33-17-10-7-11-18-33)40(32-15-8-6-9-16-32)53(41)43(34-20-22-35(23-21-34)62-28-27-55)49(38)36-29-31(14-12-13-26-54)19-24-37(36)52(47(49)59)48(60)51-39(30(2)3)45(57)61-4/h5-11,15-24,29-30,38-43,54-55H,1,13,25-28H2,2-4H3,(H,50,56)(H,51,60)/t38-,39-,40-,41-,42+,43+,49-/m0/s1. The summed E-state index contributed by atoms with van der Waals surface area (Å²) in [6.07, 6.45) is 0.702. The van der Waals surface area contributed by atoms with Crippen molar-refractivity contribution in [2.24, 2.45) is 11.8 Å². The molecule has 1 spiro atoms. The molecule has 0 unspecified atom stereocenters. The summed E-state index contributed by atoms with van der Waals surface area (Å²) in [5.74, 6) is 1.39. The molecular weight excluding hydrogens is 805 g/mol. The number of cyclic esters (lactones) is 1. The Hall–Kier alpha value is -6.79. The molecule has 7 atom stereocenters. The van der Waals surface area contributed by atoms with Crippen LogP contribution in [0.4, 0.5) is 10.5 Å². The van der Waals surface area contributed by atoms with Crippen molar-refractivity contribution >= 4 is 35.5 Å². The first kappa shape index (κ1) is 44.3. The van der Waals surface area contributed by atoms with Gasteiger partial charge in [-0.3, -0.25) is 19.3 Å². The second-order valence-electron chi connectivity index (χ2n) is 15.8. The van der Waals surface area contributed by atoms with Gasteiger partial charge in [0.25, 0.3) is 0 Å². The van der Waals surface area contributed by atoms with E-state index in [0.717, 1.165) is 10.5 Å². The Morgan fingerprint density at radius 3 is 2.21 bits per heavy atom. The van der Waals surface area contributed by atoms with Gasteiger partial charge < -0.3 is 35.1 Å². The van der Waals surface area contributed by atoms with Crippen LogP contribution in [-0.2, 0) is 34.1 Å². The van der Waals surface area contributed by atoms with Crippen molar-refractivity contribution in [1.29, 1.82) is 0 Å². The number of amides is 4. The molecule has 0 saturated carbocycles. The van der Waals surface area contributed by atoms with Crippen LogP contribution in [0.1, 0.15) is 66.3 Å². The van der Waals surface area contributed by atoms with Gasteiger partial charge in [-0.25, -0.2) is 14.5 Å². The number of morpholine rings is 1. The smallest absolute Gasteiger partial charge is 0.329 e. The summed E-state index contributed by atoms with van der Waals surface area (Å²) < 4.78 is 17.2. The summed E-state index contributed by atoms with van der Waals surface area (Å²) in [5.41, 5.74) is 0.564. The van der Waals surface area contributed by atoms with Crippen LogP contribution >= 0.6 is 0 Å². The average molecular weight is 855 g/mol. The summed E-state index contributed by atoms with van der Waals surface area (Å²) >= 11 is 0. The molecule has 0 bridgehead atoms. The number of fused-ring (bicyclic) bond motifs is 3. The Labute approximate surface area is 365 Å². The molecule has 3 aliphatic heterocycles. The van der Waals surface area contributed by atoms with E-state index in [-0.39, 0.29) is 44.0 Å². The number of carbonyl (C=O) groups is 5. The van der Waals surface area contributed by atoms with E-state index in [1.54, 1.807) is 56.3 Å².